The first-order chi connectivity index (χ1) is 18.9. The lowest BCUT2D eigenvalue weighted by Crippen LogP contribution is -2.22. The van der Waals surface area contributed by atoms with Crippen LogP contribution < -0.4 is 18.9 Å². The number of hydrogen-bond donors (Lipinski definition) is 2. The zero-order chi connectivity index (χ0) is 29.6. The zero-order valence-electron chi connectivity index (χ0n) is 25.1. The maximum Gasteiger partial charge on any atom is 0.174 e. The van der Waals surface area contributed by atoms with Gasteiger partial charge in [0.15, 0.2) is 17.3 Å². The highest BCUT2D eigenvalue weighted by molar-refractivity contribution is 6.03. The van der Waals surface area contributed by atoms with Gasteiger partial charge in [0, 0.05) is 22.8 Å². The van der Waals surface area contributed by atoms with E-state index in [0.717, 1.165) is 36.0 Å². The highest BCUT2D eigenvalue weighted by Crippen LogP contribution is 2.47. The van der Waals surface area contributed by atoms with Crippen LogP contribution in [0, 0.1) is 0 Å². The number of allylic oxidation sites excluding steroid dienone is 4. The van der Waals surface area contributed by atoms with Crippen molar-refractivity contribution >= 4 is 5.78 Å². The molecule has 0 saturated carbocycles. The van der Waals surface area contributed by atoms with Gasteiger partial charge in [-0.1, -0.05) is 29.4 Å². The van der Waals surface area contributed by atoms with Crippen molar-refractivity contribution in [2.24, 2.45) is 0 Å². The number of phenolic OH excluding ortho intramolecular Hbond substituents is 1. The van der Waals surface area contributed by atoms with Gasteiger partial charge in [-0.2, -0.15) is 0 Å². The van der Waals surface area contributed by atoms with Crippen molar-refractivity contribution in [1.82, 2.24) is 0 Å². The summed E-state index contributed by atoms with van der Waals surface area (Å²) in [6.07, 6.45) is 7.10. The molecule has 1 aliphatic heterocycles. The van der Waals surface area contributed by atoms with Crippen LogP contribution in [0.25, 0.3) is 0 Å². The molecule has 2 aromatic rings. The molecule has 0 saturated heterocycles. The molecule has 3 rings (SSSR count). The summed E-state index contributed by atoms with van der Waals surface area (Å²) in [7, 11) is 4.74. The molecule has 40 heavy (non-hydrogen) atoms. The van der Waals surface area contributed by atoms with Crippen molar-refractivity contribution < 1.29 is 34.0 Å². The van der Waals surface area contributed by atoms with Gasteiger partial charge in [-0.25, -0.2) is 0 Å². The van der Waals surface area contributed by atoms with Gasteiger partial charge < -0.3 is 29.2 Å². The SMILES string of the molecule is COc1cc2c(c(O)c1CC=C(C)C)C(=O)C[C@@H](c1ccc(OC)c(OC)c1C/C=C(/C)CCCC(C)(C)O)O2. The van der Waals surface area contributed by atoms with E-state index in [1.165, 1.54) is 12.7 Å². The fourth-order valence-electron chi connectivity index (χ4n) is 5.05. The first kappa shape index (κ1) is 31.1. The molecule has 2 aromatic carbocycles. The van der Waals surface area contributed by atoms with Crippen LogP contribution in [0.1, 0.15) is 93.5 Å². The molecular formula is C33H44O7. The smallest absolute Gasteiger partial charge is 0.174 e. The second-order valence-electron chi connectivity index (χ2n) is 11.3. The normalized spacial score (nSPS) is 15.3. The third-order valence-corrected chi connectivity index (χ3v) is 7.23. The Morgan fingerprint density at radius 1 is 1.02 bits per heavy atom. The van der Waals surface area contributed by atoms with E-state index in [9.17, 15) is 15.0 Å². The number of carbonyl (C=O) groups excluding carboxylic acids is 1. The Kier molecular flexibility index (Phi) is 10.3. The molecule has 0 aromatic heterocycles. The Labute approximate surface area is 238 Å². The van der Waals surface area contributed by atoms with Crippen molar-refractivity contribution in [1.29, 1.82) is 0 Å². The molecular weight excluding hydrogens is 508 g/mol. The minimum absolute atomic E-state index is 0.0751. The molecule has 0 fully saturated rings. The second kappa shape index (κ2) is 13.3. The fourth-order valence-corrected chi connectivity index (χ4v) is 5.05. The van der Waals surface area contributed by atoms with Crippen LogP contribution in [0.4, 0.5) is 0 Å². The van der Waals surface area contributed by atoms with Crippen LogP contribution in [0.3, 0.4) is 0 Å². The van der Waals surface area contributed by atoms with Crippen molar-refractivity contribution in [3.05, 3.63) is 63.8 Å². The molecule has 7 heteroatoms. The molecule has 0 unspecified atom stereocenters. The summed E-state index contributed by atoms with van der Waals surface area (Å²) in [5.74, 6) is 1.69. The average molecular weight is 553 g/mol. The number of phenols is 1. The molecule has 0 spiro atoms. The number of ketones is 1. The summed E-state index contributed by atoms with van der Waals surface area (Å²) in [4.78, 5) is 13.4. The lowest BCUT2D eigenvalue weighted by molar-refractivity contribution is 0.0689. The molecule has 0 aliphatic carbocycles. The Morgan fingerprint density at radius 3 is 2.30 bits per heavy atom. The Balaban J connectivity index is 1.99. The summed E-state index contributed by atoms with van der Waals surface area (Å²) < 4.78 is 23.3. The number of fused-ring (bicyclic) bond motifs is 1. The first-order valence-electron chi connectivity index (χ1n) is 13.8. The topological polar surface area (TPSA) is 94.5 Å². The zero-order valence-corrected chi connectivity index (χ0v) is 25.1. The summed E-state index contributed by atoms with van der Waals surface area (Å²) in [6, 6.07) is 5.43. The number of Topliss-reactive ketones (excluding diaryl/α,β-unsaturated/α-hetero) is 1. The van der Waals surface area contributed by atoms with Crippen LogP contribution in [-0.4, -0.2) is 42.9 Å². The maximum absolute atomic E-state index is 13.4. The summed E-state index contributed by atoms with van der Waals surface area (Å²) in [6.45, 7) is 9.68. The average Bonchev–Trinajstić information content (AvgIpc) is 2.89. The quantitative estimate of drug-likeness (QED) is 0.272. The van der Waals surface area contributed by atoms with Crippen molar-refractivity contribution in [2.75, 3.05) is 21.3 Å². The maximum atomic E-state index is 13.4. The molecule has 0 radical (unpaired) electrons. The van der Waals surface area contributed by atoms with Crippen LogP contribution in [-0.2, 0) is 12.8 Å². The van der Waals surface area contributed by atoms with Crippen molar-refractivity contribution in [3.63, 3.8) is 0 Å². The third kappa shape index (κ3) is 7.39. The lowest BCUT2D eigenvalue weighted by atomic mass is 9.89. The van der Waals surface area contributed by atoms with Gasteiger partial charge in [-0.3, -0.25) is 4.79 Å². The Hall–Kier alpha value is -3.45. The highest BCUT2D eigenvalue weighted by Gasteiger charge is 2.34. The number of rotatable bonds is 12. The molecule has 0 amide bonds. The van der Waals surface area contributed by atoms with Crippen LogP contribution in [0.5, 0.6) is 28.7 Å². The minimum Gasteiger partial charge on any atom is -0.507 e. The van der Waals surface area contributed by atoms with Crippen LogP contribution in [0.2, 0.25) is 0 Å². The Bertz CT molecular complexity index is 1280. The largest absolute Gasteiger partial charge is 0.507 e. The Morgan fingerprint density at radius 2 is 1.70 bits per heavy atom. The number of aromatic hydroxyl groups is 1. The predicted octanol–water partition coefficient (Wildman–Crippen LogP) is 7.06. The van der Waals surface area contributed by atoms with Gasteiger partial charge in [0.1, 0.15) is 28.9 Å². The predicted molar refractivity (Wildman–Crippen MR) is 157 cm³/mol. The van der Waals surface area contributed by atoms with Gasteiger partial charge >= 0.3 is 0 Å². The van der Waals surface area contributed by atoms with Crippen LogP contribution >= 0.6 is 0 Å². The molecule has 2 N–H and O–H groups in total. The molecule has 1 heterocycles. The highest BCUT2D eigenvalue weighted by atomic mass is 16.5. The van der Waals surface area contributed by atoms with E-state index in [0.29, 0.717) is 41.4 Å². The van der Waals surface area contributed by atoms with E-state index in [1.54, 1.807) is 20.3 Å². The van der Waals surface area contributed by atoms with E-state index >= 15 is 0 Å². The molecule has 0 bridgehead atoms. The van der Waals surface area contributed by atoms with Gasteiger partial charge in [0.05, 0.1) is 33.4 Å². The van der Waals surface area contributed by atoms with E-state index in [1.807, 2.05) is 45.9 Å². The number of ether oxygens (including phenoxy) is 4. The van der Waals surface area contributed by atoms with E-state index in [2.05, 4.69) is 13.0 Å². The minimum atomic E-state index is -0.686. The fraction of sp³-hybridized carbons (Fsp3) is 0.485. The second-order valence-corrected chi connectivity index (χ2v) is 11.3. The molecule has 1 atom stereocenters. The third-order valence-electron chi connectivity index (χ3n) is 7.23. The van der Waals surface area contributed by atoms with Gasteiger partial charge in [0.25, 0.3) is 0 Å². The van der Waals surface area contributed by atoms with E-state index in [4.69, 9.17) is 18.9 Å². The van der Waals surface area contributed by atoms with Crippen molar-refractivity contribution in [2.45, 2.75) is 84.8 Å². The number of carbonyl (C=O) groups is 1. The van der Waals surface area contributed by atoms with Gasteiger partial charge in [0.2, 0.25) is 0 Å². The van der Waals surface area contributed by atoms with Gasteiger partial charge in [-0.05, 0) is 72.8 Å². The summed E-state index contributed by atoms with van der Waals surface area (Å²) in [5.41, 5.74) is 4.07. The van der Waals surface area contributed by atoms with E-state index < -0.39 is 11.7 Å². The number of hydrogen-bond acceptors (Lipinski definition) is 7. The first-order valence-corrected chi connectivity index (χ1v) is 13.8. The van der Waals surface area contributed by atoms with Crippen molar-refractivity contribution in [3.8, 4) is 28.7 Å². The number of benzene rings is 2. The molecule has 1 aliphatic rings. The van der Waals surface area contributed by atoms with Crippen LogP contribution in [0.15, 0.2) is 41.5 Å². The van der Waals surface area contributed by atoms with E-state index in [-0.39, 0.29) is 23.5 Å². The van der Waals surface area contributed by atoms with Gasteiger partial charge in [-0.15, -0.1) is 0 Å². The summed E-state index contributed by atoms with van der Waals surface area (Å²) in [5, 5.41) is 21.1. The molecule has 7 nitrogen and oxygen atoms in total. The monoisotopic (exact) mass is 552 g/mol. The summed E-state index contributed by atoms with van der Waals surface area (Å²) >= 11 is 0. The lowest BCUT2D eigenvalue weighted by Gasteiger charge is -2.29. The number of methoxy groups -OCH3 is 3. The number of aliphatic hydroxyl groups is 1. The molecule has 218 valence electrons. The standard InChI is InChI=1S/C33H44O7/c1-20(2)11-13-24-27(38-7)19-29-30(31(24)35)25(34)18-28(40-29)22-15-16-26(37-6)32(39-8)23(22)14-12-21(3)10-9-17-33(4,5)36/h11-12,15-16,19,28,35-36H,9-10,13-14,17-18H2,1-8H3/b21-12-/t28-/m0/s1.